The minimum atomic E-state index is -0.359. The van der Waals surface area contributed by atoms with Crippen LogP contribution in [0.25, 0.3) is 5.83 Å². The fraction of sp³-hybridized carbons (Fsp3) is 0.200. The van der Waals surface area contributed by atoms with E-state index in [0.717, 1.165) is 11.1 Å². The number of aryl methyl sites for hydroxylation is 2. The molecule has 58 valence electrons. The molecule has 1 aromatic carbocycles. The molecule has 0 fully saturated rings. The maximum atomic E-state index is 12.6. The fourth-order valence-corrected chi connectivity index (χ4v) is 1.12. The monoisotopic (exact) mass is 150 g/mol. The van der Waals surface area contributed by atoms with E-state index in [9.17, 15) is 4.39 Å². The van der Waals surface area contributed by atoms with Crippen LogP contribution >= 0.6 is 0 Å². The second-order valence-corrected chi connectivity index (χ2v) is 2.72. The smallest absolute Gasteiger partial charge is 0.123 e. The van der Waals surface area contributed by atoms with Crippen LogP contribution in [0.1, 0.15) is 16.7 Å². The molecule has 0 spiro atoms. The van der Waals surface area contributed by atoms with Gasteiger partial charge in [0.05, 0.1) is 0 Å². The molecule has 1 rings (SSSR count). The molecule has 0 nitrogen and oxygen atoms in total. The number of benzene rings is 1. The molecule has 1 heteroatoms. The molecule has 0 heterocycles. The highest BCUT2D eigenvalue weighted by molar-refractivity contribution is 5.60. The molecular formula is C10H11F. The quantitative estimate of drug-likeness (QED) is 0.576. The molecule has 0 N–H and O–H groups in total. The Labute approximate surface area is 66.4 Å². The summed E-state index contributed by atoms with van der Waals surface area (Å²) in [5, 5.41) is 0. The number of halogens is 1. The van der Waals surface area contributed by atoms with E-state index in [1.807, 2.05) is 26.0 Å². The zero-order valence-electron chi connectivity index (χ0n) is 6.82. The van der Waals surface area contributed by atoms with E-state index in [4.69, 9.17) is 0 Å². The van der Waals surface area contributed by atoms with E-state index in [1.54, 1.807) is 6.07 Å². The Balaban J connectivity index is 3.20. The van der Waals surface area contributed by atoms with Crippen molar-refractivity contribution in [1.29, 1.82) is 0 Å². The Hall–Kier alpha value is -1.11. The van der Waals surface area contributed by atoms with Gasteiger partial charge in [-0.15, -0.1) is 0 Å². The van der Waals surface area contributed by atoms with Crippen LogP contribution in [0.5, 0.6) is 0 Å². The lowest BCUT2D eigenvalue weighted by atomic mass is 10.1. The Morgan fingerprint density at radius 1 is 1.36 bits per heavy atom. The summed E-state index contributed by atoms with van der Waals surface area (Å²) < 4.78 is 12.6. The maximum absolute atomic E-state index is 12.6. The van der Waals surface area contributed by atoms with Gasteiger partial charge < -0.3 is 0 Å². The predicted octanol–water partition coefficient (Wildman–Crippen LogP) is 3.24. The van der Waals surface area contributed by atoms with E-state index in [-0.39, 0.29) is 5.83 Å². The summed E-state index contributed by atoms with van der Waals surface area (Å²) in [5.41, 5.74) is 2.70. The zero-order valence-corrected chi connectivity index (χ0v) is 6.82. The van der Waals surface area contributed by atoms with Crippen LogP contribution in [0.15, 0.2) is 24.8 Å². The van der Waals surface area contributed by atoms with Crippen molar-refractivity contribution in [3.63, 3.8) is 0 Å². The molecule has 0 aliphatic heterocycles. The second kappa shape index (κ2) is 2.87. The Morgan fingerprint density at radius 3 is 2.45 bits per heavy atom. The Kier molecular flexibility index (Phi) is 2.08. The predicted molar refractivity (Wildman–Crippen MR) is 46.1 cm³/mol. The lowest BCUT2D eigenvalue weighted by molar-refractivity contribution is 0.762. The van der Waals surface area contributed by atoms with Gasteiger partial charge in [0, 0.05) is 5.56 Å². The fourth-order valence-electron chi connectivity index (χ4n) is 1.12. The highest BCUT2D eigenvalue weighted by Gasteiger charge is 2.00. The van der Waals surface area contributed by atoms with Gasteiger partial charge in [-0.25, -0.2) is 4.39 Å². The van der Waals surface area contributed by atoms with Crippen molar-refractivity contribution < 1.29 is 4.39 Å². The summed E-state index contributed by atoms with van der Waals surface area (Å²) >= 11 is 0. The molecule has 0 aliphatic carbocycles. The lowest BCUT2D eigenvalue weighted by Gasteiger charge is -2.02. The third-order valence-corrected chi connectivity index (χ3v) is 1.67. The van der Waals surface area contributed by atoms with Crippen LogP contribution in [-0.2, 0) is 0 Å². The largest absolute Gasteiger partial charge is 0.207 e. The van der Waals surface area contributed by atoms with Crippen molar-refractivity contribution in [1.82, 2.24) is 0 Å². The van der Waals surface area contributed by atoms with Crippen molar-refractivity contribution >= 4 is 5.83 Å². The van der Waals surface area contributed by atoms with Gasteiger partial charge in [0.15, 0.2) is 0 Å². The van der Waals surface area contributed by atoms with E-state index in [2.05, 4.69) is 6.58 Å². The molecule has 0 radical (unpaired) electrons. The minimum absolute atomic E-state index is 0.359. The molecule has 0 aromatic heterocycles. The third-order valence-electron chi connectivity index (χ3n) is 1.67. The molecule has 11 heavy (non-hydrogen) atoms. The highest BCUT2D eigenvalue weighted by atomic mass is 19.1. The third kappa shape index (κ3) is 1.67. The van der Waals surface area contributed by atoms with Gasteiger partial charge in [-0.05, 0) is 19.4 Å². The summed E-state index contributed by atoms with van der Waals surface area (Å²) in [6.45, 7) is 7.12. The molecular weight excluding hydrogens is 139 g/mol. The summed E-state index contributed by atoms with van der Waals surface area (Å²) in [5.74, 6) is -0.359. The van der Waals surface area contributed by atoms with E-state index in [1.165, 1.54) is 0 Å². The van der Waals surface area contributed by atoms with Gasteiger partial charge in [-0.2, -0.15) is 0 Å². The average Bonchev–Trinajstić information content (AvgIpc) is 1.85. The summed E-state index contributed by atoms with van der Waals surface area (Å²) in [6.07, 6.45) is 0. The van der Waals surface area contributed by atoms with Gasteiger partial charge in [0.1, 0.15) is 5.83 Å². The first-order valence-corrected chi connectivity index (χ1v) is 3.53. The maximum Gasteiger partial charge on any atom is 0.123 e. The van der Waals surface area contributed by atoms with Crippen molar-refractivity contribution in [3.05, 3.63) is 41.5 Å². The Bertz CT molecular complexity index is 287. The van der Waals surface area contributed by atoms with Crippen molar-refractivity contribution in [2.24, 2.45) is 0 Å². The molecule has 0 atom stereocenters. The van der Waals surface area contributed by atoms with Crippen LogP contribution in [0, 0.1) is 13.8 Å². The van der Waals surface area contributed by atoms with Crippen LogP contribution in [-0.4, -0.2) is 0 Å². The van der Waals surface area contributed by atoms with Crippen LogP contribution in [0.2, 0.25) is 0 Å². The molecule has 0 unspecified atom stereocenters. The first-order valence-electron chi connectivity index (χ1n) is 3.53. The molecule has 0 aliphatic rings. The summed E-state index contributed by atoms with van der Waals surface area (Å²) in [7, 11) is 0. The first-order chi connectivity index (χ1) is 5.11. The molecule has 1 aromatic rings. The SMILES string of the molecule is C=C(F)c1ccc(C)cc1C. The number of hydrogen-bond donors (Lipinski definition) is 0. The van der Waals surface area contributed by atoms with E-state index < -0.39 is 0 Å². The Morgan fingerprint density at radius 2 is 2.00 bits per heavy atom. The van der Waals surface area contributed by atoms with E-state index in [0.29, 0.717) is 5.56 Å². The first kappa shape index (κ1) is 7.99. The molecule has 0 saturated carbocycles. The van der Waals surface area contributed by atoms with Gasteiger partial charge in [0.2, 0.25) is 0 Å². The normalized spacial score (nSPS) is 9.73. The second-order valence-electron chi connectivity index (χ2n) is 2.72. The molecule has 0 amide bonds. The van der Waals surface area contributed by atoms with Crippen LogP contribution < -0.4 is 0 Å². The van der Waals surface area contributed by atoms with Gasteiger partial charge >= 0.3 is 0 Å². The standard InChI is InChI=1S/C10H11F/c1-7-4-5-10(9(3)11)8(2)6-7/h4-6H,3H2,1-2H3. The number of hydrogen-bond acceptors (Lipinski definition) is 0. The molecule has 0 saturated heterocycles. The van der Waals surface area contributed by atoms with Crippen molar-refractivity contribution in [2.45, 2.75) is 13.8 Å². The molecule has 0 bridgehead atoms. The van der Waals surface area contributed by atoms with Crippen LogP contribution in [0.3, 0.4) is 0 Å². The van der Waals surface area contributed by atoms with Crippen molar-refractivity contribution in [2.75, 3.05) is 0 Å². The number of rotatable bonds is 1. The minimum Gasteiger partial charge on any atom is -0.207 e. The summed E-state index contributed by atoms with van der Waals surface area (Å²) in [6, 6.07) is 5.58. The van der Waals surface area contributed by atoms with Gasteiger partial charge in [-0.1, -0.05) is 30.3 Å². The average molecular weight is 150 g/mol. The van der Waals surface area contributed by atoms with Crippen molar-refractivity contribution in [3.8, 4) is 0 Å². The van der Waals surface area contributed by atoms with Gasteiger partial charge in [0.25, 0.3) is 0 Å². The van der Waals surface area contributed by atoms with Crippen LogP contribution in [0.4, 0.5) is 4.39 Å². The summed E-state index contributed by atoms with van der Waals surface area (Å²) in [4.78, 5) is 0. The highest BCUT2D eigenvalue weighted by Crippen LogP contribution is 2.18. The lowest BCUT2D eigenvalue weighted by Crippen LogP contribution is -1.84. The van der Waals surface area contributed by atoms with E-state index >= 15 is 0 Å². The topological polar surface area (TPSA) is 0 Å². The zero-order chi connectivity index (χ0) is 8.43. The van der Waals surface area contributed by atoms with Gasteiger partial charge in [-0.3, -0.25) is 0 Å².